The number of carbonyl (C=O) groups excluding carboxylic acids is 1. The summed E-state index contributed by atoms with van der Waals surface area (Å²) in [7, 11) is 1.62. The number of halogens is 5. The molecule has 36 heavy (non-hydrogen) atoms. The number of likely N-dealkylation sites (tertiary alicyclic amines) is 1. The number of piperidine rings is 1. The molecule has 1 aromatic heterocycles. The van der Waals surface area contributed by atoms with Gasteiger partial charge in [-0.1, -0.05) is 30.1 Å². The molecular formula is C25H24Cl2F3N3O3. The molecular weight excluding hydrogens is 518 g/mol. The molecule has 0 radical (unpaired) electrons. The van der Waals surface area contributed by atoms with Crippen LogP contribution in [0, 0.1) is 18.8 Å². The topological polar surface area (TPSA) is 75.4 Å². The number of amides is 1. The number of fused-ring (bicyclic) bond motifs is 1. The second-order valence-electron chi connectivity index (χ2n) is 9.27. The van der Waals surface area contributed by atoms with Crippen LogP contribution < -0.4 is 0 Å². The van der Waals surface area contributed by atoms with E-state index in [-0.39, 0.29) is 35.4 Å². The molecule has 2 aromatic carbocycles. The molecule has 1 saturated heterocycles. The van der Waals surface area contributed by atoms with E-state index in [9.17, 15) is 27.9 Å². The Kier molecular flexibility index (Phi) is 7.00. The van der Waals surface area contributed by atoms with Crippen molar-refractivity contribution < 1.29 is 27.9 Å². The minimum Gasteiger partial charge on any atom is -0.481 e. The molecule has 3 aromatic rings. The summed E-state index contributed by atoms with van der Waals surface area (Å²) < 4.78 is 41.5. The average molecular weight is 542 g/mol. The Morgan fingerprint density at radius 3 is 2.53 bits per heavy atom. The van der Waals surface area contributed by atoms with E-state index >= 15 is 0 Å². The number of imidazole rings is 1. The Hall–Kier alpha value is -2.78. The molecule has 1 aliphatic heterocycles. The fourth-order valence-corrected chi connectivity index (χ4v) is 5.36. The van der Waals surface area contributed by atoms with Gasteiger partial charge in [-0.05, 0) is 54.7 Å². The van der Waals surface area contributed by atoms with E-state index in [4.69, 9.17) is 23.2 Å². The molecule has 0 bridgehead atoms. The predicted octanol–water partition coefficient (Wildman–Crippen LogP) is 5.98. The van der Waals surface area contributed by atoms with Gasteiger partial charge in [-0.15, -0.1) is 0 Å². The lowest BCUT2D eigenvalue weighted by molar-refractivity contribution is -0.145. The van der Waals surface area contributed by atoms with Crippen molar-refractivity contribution in [2.24, 2.45) is 18.9 Å². The Balaban J connectivity index is 1.67. The van der Waals surface area contributed by atoms with Crippen LogP contribution in [0.1, 0.15) is 46.2 Å². The maximum atomic E-state index is 13.3. The lowest BCUT2D eigenvalue weighted by Gasteiger charge is -2.35. The smallest absolute Gasteiger partial charge is 0.416 e. The number of aliphatic carboxylic acids is 1. The number of aromatic nitrogens is 2. The minimum atomic E-state index is -4.48. The fourth-order valence-electron chi connectivity index (χ4n) is 4.78. The van der Waals surface area contributed by atoms with Crippen LogP contribution in [0.4, 0.5) is 13.2 Å². The third-order valence-corrected chi connectivity index (χ3v) is 7.64. The number of hydrogen-bond acceptors (Lipinski definition) is 3. The number of benzene rings is 2. The van der Waals surface area contributed by atoms with E-state index < -0.39 is 23.6 Å². The second-order valence-corrected chi connectivity index (χ2v) is 10.1. The van der Waals surface area contributed by atoms with E-state index in [0.29, 0.717) is 46.0 Å². The van der Waals surface area contributed by atoms with E-state index in [0.717, 1.165) is 12.1 Å². The second kappa shape index (κ2) is 9.59. The summed E-state index contributed by atoms with van der Waals surface area (Å²) in [6.07, 6.45) is -4.04. The molecule has 2 atom stereocenters. The molecule has 2 heterocycles. The highest BCUT2D eigenvalue weighted by molar-refractivity contribution is 6.38. The lowest BCUT2D eigenvalue weighted by Crippen LogP contribution is -2.45. The van der Waals surface area contributed by atoms with Gasteiger partial charge in [0.25, 0.3) is 5.91 Å². The Morgan fingerprint density at radius 1 is 1.22 bits per heavy atom. The number of carbonyl (C=O) groups is 2. The molecule has 0 saturated carbocycles. The van der Waals surface area contributed by atoms with Gasteiger partial charge in [0.2, 0.25) is 0 Å². The molecule has 1 amide bonds. The van der Waals surface area contributed by atoms with E-state index in [1.165, 1.54) is 6.07 Å². The van der Waals surface area contributed by atoms with Gasteiger partial charge < -0.3 is 14.6 Å². The van der Waals surface area contributed by atoms with Gasteiger partial charge >= 0.3 is 12.1 Å². The van der Waals surface area contributed by atoms with Crippen molar-refractivity contribution in [3.05, 3.63) is 62.4 Å². The van der Waals surface area contributed by atoms with Crippen molar-refractivity contribution in [1.82, 2.24) is 14.5 Å². The summed E-state index contributed by atoms with van der Waals surface area (Å²) in [6.45, 7) is 3.95. The van der Waals surface area contributed by atoms with E-state index in [1.54, 1.807) is 36.4 Å². The number of hydrogen-bond donors (Lipinski definition) is 1. The molecule has 0 spiro atoms. The molecule has 11 heteroatoms. The number of aryl methyl sites for hydroxylation is 2. The highest BCUT2D eigenvalue weighted by Gasteiger charge is 2.34. The summed E-state index contributed by atoms with van der Waals surface area (Å²) in [5, 5.41) is 9.79. The molecule has 1 aliphatic rings. The van der Waals surface area contributed by atoms with Crippen molar-refractivity contribution in [2.45, 2.75) is 32.9 Å². The largest absolute Gasteiger partial charge is 0.481 e. The van der Waals surface area contributed by atoms with Gasteiger partial charge in [0, 0.05) is 31.6 Å². The van der Waals surface area contributed by atoms with Crippen molar-refractivity contribution in [2.75, 3.05) is 13.1 Å². The van der Waals surface area contributed by atoms with Crippen molar-refractivity contribution in [3.8, 4) is 0 Å². The van der Waals surface area contributed by atoms with Gasteiger partial charge in [0.15, 0.2) is 0 Å². The maximum absolute atomic E-state index is 13.3. The summed E-state index contributed by atoms with van der Waals surface area (Å²) in [5.74, 6) is -1.48. The van der Waals surface area contributed by atoms with Crippen LogP contribution in [0.3, 0.4) is 0 Å². The number of rotatable bonds is 4. The number of nitrogens with zero attached hydrogens (tertiary/aromatic N) is 3. The normalized spacial score (nSPS) is 18.6. The highest BCUT2D eigenvalue weighted by atomic mass is 35.5. The van der Waals surface area contributed by atoms with Crippen LogP contribution in [0.2, 0.25) is 10.0 Å². The van der Waals surface area contributed by atoms with Gasteiger partial charge in [-0.3, -0.25) is 9.59 Å². The SMILES string of the molecule is Cc1cc(C(F)(F)F)cc2c1nc(Cc1c(Cl)ccc(C(=O)N3CCC(C(=O)O)C(C)C3)c1Cl)n2C. The molecule has 2 unspecified atom stereocenters. The first-order valence-electron chi connectivity index (χ1n) is 11.3. The Morgan fingerprint density at radius 2 is 1.92 bits per heavy atom. The highest BCUT2D eigenvalue weighted by Crippen LogP contribution is 2.35. The molecule has 1 fully saturated rings. The van der Waals surface area contributed by atoms with Crippen LogP contribution in [0.15, 0.2) is 24.3 Å². The summed E-state index contributed by atoms with van der Waals surface area (Å²) >= 11 is 13.1. The van der Waals surface area contributed by atoms with E-state index in [1.807, 2.05) is 0 Å². The van der Waals surface area contributed by atoms with Gasteiger partial charge in [0.1, 0.15) is 5.82 Å². The summed E-state index contributed by atoms with van der Waals surface area (Å²) in [5.41, 5.74) is 1.06. The Bertz CT molecular complexity index is 1370. The number of carboxylic acid groups (broad SMARTS) is 1. The molecule has 0 aliphatic carbocycles. The molecule has 4 rings (SSSR count). The van der Waals surface area contributed by atoms with Crippen LogP contribution >= 0.6 is 23.2 Å². The Labute approximate surface area is 215 Å². The number of carboxylic acids is 1. The monoisotopic (exact) mass is 541 g/mol. The third kappa shape index (κ3) is 4.78. The van der Waals surface area contributed by atoms with Crippen molar-refractivity contribution in [3.63, 3.8) is 0 Å². The van der Waals surface area contributed by atoms with Crippen LogP contribution in [-0.2, 0) is 24.4 Å². The first-order valence-corrected chi connectivity index (χ1v) is 12.1. The predicted molar refractivity (Wildman–Crippen MR) is 131 cm³/mol. The van der Waals surface area contributed by atoms with Crippen LogP contribution in [0.25, 0.3) is 11.0 Å². The standard InChI is InChI=1S/C25H24Cl2F3N3O3/c1-12-8-14(25(28,29)30)9-19-22(12)31-20(32(19)3)10-17-18(26)5-4-16(21(17)27)23(34)33-7-6-15(24(35)36)13(2)11-33/h4-5,8-9,13,15H,6-7,10-11H2,1-3H3,(H,35,36). The van der Waals surface area contributed by atoms with Gasteiger partial charge in [0.05, 0.1) is 33.1 Å². The molecule has 1 N–H and O–H groups in total. The number of alkyl halides is 3. The average Bonchev–Trinajstić information content (AvgIpc) is 3.11. The third-order valence-electron chi connectivity index (χ3n) is 6.86. The summed E-state index contributed by atoms with van der Waals surface area (Å²) in [4.78, 5) is 30.8. The van der Waals surface area contributed by atoms with Crippen molar-refractivity contribution in [1.29, 1.82) is 0 Å². The molecule has 6 nitrogen and oxygen atoms in total. The van der Waals surface area contributed by atoms with Crippen LogP contribution in [0.5, 0.6) is 0 Å². The lowest BCUT2D eigenvalue weighted by atomic mass is 9.86. The fraction of sp³-hybridized carbons (Fsp3) is 0.400. The van der Waals surface area contributed by atoms with Gasteiger partial charge in [-0.25, -0.2) is 4.98 Å². The quantitative estimate of drug-likeness (QED) is 0.440. The zero-order valence-corrected chi connectivity index (χ0v) is 21.3. The van der Waals surface area contributed by atoms with Crippen molar-refractivity contribution >= 4 is 46.1 Å². The van der Waals surface area contributed by atoms with E-state index in [2.05, 4.69) is 4.98 Å². The summed E-state index contributed by atoms with van der Waals surface area (Å²) in [6, 6.07) is 5.20. The van der Waals surface area contributed by atoms with Gasteiger partial charge in [-0.2, -0.15) is 13.2 Å². The van der Waals surface area contributed by atoms with Crippen LogP contribution in [-0.4, -0.2) is 44.5 Å². The first kappa shape index (κ1) is 26.3. The molecule has 192 valence electrons. The first-order chi connectivity index (χ1) is 16.8. The maximum Gasteiger partial charge on any atom is 0.416 e. The zero-order valence-electron chi connectivity index (χ0n) is 19.8. The minimum absolute atomic E-state index is 0.0995. The zero-order chi connectivity index (χ0) is 26.5.